The Bertz CT molecular complexity index is 1690. The zero-order valence-electron chi connectivity index (χ0n) is 23.1. The number of fused-ring (bicyclic) bond motifs is 6. The molecule has 39 heavy (non-hydrogen) atoms. The van der Waals surface area contributed by atoms with Gasteiger partial charge in [-0.3, -0.25) is 9.78 Å². The minimum atomic E-state index is -0.183. The summed E-state index contributed by atoms with van der Waals surface area (Å²) in [6, 6.07) is 28.6. The number of carbonyl (C=O) groups is 1. The first-order valence-electron chi connectivity index (χ1n) is 13.0. The molecule has 4 nitrogen and oxygen atoms in total. The first-order valence-corrected chi connectivity index (χ1v) is 13.0. The van der Waals surface area contributed by atoms with E-state index in [0.717, 1.165) is 44.8 Å². The van der Waals surface area contributed by atoms with E-state index in [1.54, 1.807) is 6.08 Å². The molecule has 0 spiro atoms. The van der Waals surface area contributed by atoms with E-state index in [9.17, 15) is 4.79 Å². The second-order valence-corrected chi connectivity index (χ2v) is 10.6. The molecule has 0 bridgehead atoms. The molecule has 2 heterocycles. The first-order chi connectivity index (χ1) is 18.2. The summed E-state index contributed by atoms with van der Waals surface area (Å²) in [5, 5.41) is 6.50. The minimum Gasteiger partial charge on any atom is -0.686 e. The number of allylic oxidation sites excluding steroid dienone is 2. The summed E-state index contributed by atoms with van der Waals surface area (Å²) < 4.78 is 6.30. The summed E-state index contributed by atoms with van der Waals surface area (Å²) in [5.74, 6) is 1.04. The van der Waals surface area contributed by atoms with Crippen molar-refractivity contribution in [1.82, 2.24) is 4.98 Å². The third kappa shape index (κ3) is 5.48. The Morgan fingerprint density at radius 3 is 2.44 bits per heavy atom. The predicted molar refractivity (Wildman–Crippen MR) is 156 cm³/mol. The number of rotatable bonds is 4. The average molecular weight is 693 g/mol. The van der Waals surface area contributed by atoms with Crippen molar-refractivity contribution < 1.29 is 29.3 Å². The van der Waals surface area contributed by atoms with Gasteiger partial charge in [0.1, 0.15) is 11.3 Å². The molecule has 1 radical (unpaired) electrons. The number of para-hydroxylation sites is 2. The topological polar surface area (TPSA) is 57.2 Å². The molecule has 6 rings (SSSR count). The second kappa shape index (κ2) is 11.3. The van der Waals surface area contributed by atoms with E-state index in [0.29, 0.717) is 0 Å². The van der Waals surface area contributed by atoms with Crippen LogP contribution in [-0.4, -0.2) is 16.8 Å². The van der Waals surface area contributed by atoms with E-state index < -0.39 is 0 Å². The van der Waals surface area contributed by atoms with Crippen LogP contribution in [0, 0.1) is 6.07 Å². The van der Waals surface area contributed by atoms with Gasteiger partial charge in [-0.1, -0.05) is 88.7 Å². The molecule has 3 aromatic carbocycles. The van der Waals surface area contributed by atoms with E-state index >= 15 is 0 Å². The molecule has 0 aliphatic heterocycles. The molecule has 0 saturated carbocycles. The van der Waals surface area contributed by atoms with Crippen LogP contribution in [0.15, 0.2) is 89.0 Å². The van der Waals surface area contributed by atoms with Crippen LogP contribution in [0.4, 0.5) is 0 Å². The molecule has 1 aliphatic carbocycles. The van der Waals surface area contributed by atoms with Crippen LogP contribution < -0.4 is 0 Å². The number of furan rings is 1. The van der Waals surface area contributed by atoms with Crippen molar-refractivity contribution in [1.29, 1.82) is 0 Å². The van der Waals surface area contributed by atoms with E-state index in [1.807, 2.05) is 51.1 Å². The number of aromatic nitrogens is 1. The number of carbonyl (C=O) groups excluding carboxylic acids is 1. The Morgan fingerprint density at radius 2 is 1.69 bits per heavy atom. The molecule has 5 aromatic rings. The van der Waals surface area contributed by atoms with Crippen LogP contribution in [0.1, 0.15) is 52.7 Å². The van der Waals surface area contributed by atoms with Crippen molar-refractivity contribution in [3.8, 4) is 22.6 Å². The average Bonchev–Trinajstić information content (AvgIpc) is 3.37. The second-order valence-electron chi connectivity index (χ2n) is 10.6. The molecular formula is C34H32IrN2O2-2. The van der Waals surface area contributed by atoms with Crippen LogP contribution in [0.25, 0.3) is 49.8 Å². The molecule has 0 unspecified atom stereocenters. The van der Waals surface area contributed by atoms with Gasteiger partial charge in [-0.2, -0.15) is 5.70 Å². The minimum absolute atomic E-state index is 0. The van der Waals surface area contributed by atoms with Gasteiger partial charge in [0.2, 0.25) is 0 Å². The molecule has 5 heteroatoms. The SMILES string of the molecule is CC(=O)/C=C(/C)[N-]C(C)C.CC1(C)c2c(-c3ccc4ccccc4n3)[c-]ccc2-c2oc3ccccc3c21.[Ir]. The van der Waals surface area contributed by atoms with Crippen LogP contribution in [0.5, 0.6) is 0 Å². The van der Waals surface area contributed by atoms with Crippen molar-refractivity contribution in [2.75, 3.05) is 0 Å². The van der Waals surface area contributed by atoms with Crippen LogP contribution in [-0.2, 0) is 30.3 Å². The van der Waals surface area contributed by atoms with Gasteiger partial charge in [0.05, 0.1) is 5.52 Å². The Kier molecular flexibility index (Phi) is 8.25. The molecule has 0 amide bonds. The monoisotopic (exact) mass is 693 g/mol. The van der Waals surface area contributed by atoms with E-state index in [-0.39, 0.29) is 37.3 Å². The van der Waals surface area contributed by atoms with Crippen molar-refractivity contribution >= 4 is 27.7 Å². The van der Waals surface area contributed by atoms with Crippen molar-refractivity contribution in [3.05, 3.63) is 107 Å². The summed E-state index contributed by atoms with van der Waals surface area (Å²) >= 11 is 0. The molecule has 0 N–H and O–H groups in total. The third-order valence-corrected chi connectivity index (χ3v) is 6.82. The van der Waals surface area contributed by atoms with Gasteiger partial charge in [0.25, 0.3) is 0 Å². The van der Waals surface area contributed by atoms with Gasteiger partial charge in [-0.05, 0) is 41.6 Å². The van der Waals surface area contributed by atoms with Gasteiger partial charge < -0.3 is 9.73 Å². The molecule has 2 aromatic heterocycles. The van der Waals surface area contributed by atoms with E-state index in [1.165, 1.54) is 23.4 Å². The molecule has 201 valence electrons. The van der Waals surface area contributed by atoms with Crippen molar-refractivity contribution in [2.45, 2.75) is 53.0 Å². The van der Waals surface area contributed by atoms with E-state index in [4.69, 9.17) is 9.40 Å². The molecule has 0 atom stereocenters. The van der Waals surface area contributed by atoms with Gasteiger partial charge >= 0.3 is 0 Å². The van der Waals surface area contributed by atoms with Crippen LogP contribution >= 0.6 is 0 Å². The molecule has 0 saturated heterocycles. The smallest absolute Gasteiger partial charge is 0.151 e. The Balaban J connectivity index is 0.000000278. The fourth-order valence-corrected chi connectivity index (χ4v) is 5.46. The quantitative estimate of drug-likeness (QED) is 0.140. The number of ketones is 1. The summed E-state index contributed by atoms with van der Waals surface area (Å²) in [6.07, 6.45) is 1.54. The van der Waals surface area contributed by atoms with Crippen LogP contribution in [0.2, 0.25) is 0 Å². The van der Waals surface area contributed by atoms with Gasteiger partial charge in [-0.25, -0.2) is 0 Å². The zero-order chi connectivity index (χ0) is 27.0. The number of benzene rings is 3. The zero-order valence-corrected chi connectivity index (χ0v) is 25.5. The van der Waals surface area contributed by atoms with Gasteiger partial charge in [0.15, 0.2) is 5.78 Å². The number of hydrogen-bond donors (Lipinski definition) is 0. The van der Waals surface area contributed by atoms with Gasteiger partial charge in [0, 0.05) is 31.1 Å². The largest absolute Gasteiger partial charge is 0.686 e. The summed E-state index contributed by atoms with van der Waals surface area (Å²) in [5.41, 5.74) is 8.26. The number of hydrogen-bond acceptors (Lipinski definition) is 3. The first kappa shape index (κ1) is 28.5. The summed E-state index contributed by atoms with van der Waals surface area (Å²) in [7, 11) is 0. The van der Waals surface area contributed by atoms with Crippen LogP contribution in [0.3, 0.4) is 0 Å². The third-order valence-electron chi connectivity index (χ3n) is 6.82. The molecule has 0 fully saturated rings. The Morgan fingerprint density at radius 1 is 0.974 bits per heavy atom. The fourth-order valence-electron chi connectivity index (χ4n) is 5.46. The summed E-state index contributed by atoms with van der Waals surface area (Å²) in [4.78, 5) is 15.4. The maximum Gasteiger partial charge on any atom is 0.151 e. The molecular weight excluding hydrogens is 661 g/mol. The normalized spacial score (nSPS) is 13.4. The maximum atomic E-state index is 10.5. The molecule has 1 aliphatic rings. The maximum absolute atomic E-state index is 10.5. The Hall–Kier alpha value is -3.53. The summed E-state index contributed by atoms with van der Waals surface area (Å²) in [6.45, 7) is 11.9. The predicted octanol–water partition coefficient (Wildman–Crippen LogP) is 9.01. The van der Waals surface area contributed by atoms with Gasteiger partial charge in [-0.15, -0.1) is 35.4 Å². The fraction of sp³-hybridized carbons (Fsp3) is 0.235. The van der Waals surface area contributed by atoms with E-state index in [2.05, 4.69) is 67.7 Å². The van der Waals surface area contributed by atoms with Crippen molar-refractivity contribution in [3.63, 3.8) is 0 Å². The number of nitrogens with zero attached hydrogens (tertiary/aromatic N) is 2. The van der Waals surface area contributed by atoms with Crippen molar-refractivity contribution in [2.24, 2.45) is 0 Å². The standard InChI is InChI=1S/C26H18NO.C8H15NO.Ir/c1-26(2)23-17(21-15-14-16-8-3-5-12-20(16)27-21)10-7-11-19(23)25-24(26)18-9-4-6-13-22(18)28-25;1-6(2)9-7(3)5-8(4)10;/h3-9,11-15H,1-2H3;5-6H,1-4H3,(H,9,10);/q-1;;/p-1. The number of pyridine rings is 1. The Labute approximate surface area is 243 Å².